The zero-order valence-electron chi connectivity index (χ0n) is 10.6. The molecular weight excluding hydrogens is 198 g/mol. The van der Waals surface area contributed by atoms with Gasteiger partial charge in [0.2, 0.25) is 0 Å². The molecule has 0 spiro atoms. The van der Waals surface area contributed by atoms with Crippen LogP contribution in [0, 0.1) is 6.92 Å². The minimum Gasteiger partial charge on any atom is -0.346 e. The molecule has 1 atom stereocenters. The van der Waals surface area contributed by atoms with E-state index in [2.05, 4.69) is 31.1 Å². The zero-order valence-corrected chi connectivity index (χ0v) is 10.6. The molecule has 1 unspecified atom stereocenters. The highest BCUT2D eigenvalue weighted by Gasteiger charge is 2.17. The summed E-state index contributed by atoms with van der Waals surface area (Å²) in [5.41, 5.74) is 2.50. The van der Waals surface area contributed by atoms with Crippen LogP contribution in [0.1, 0.15) is 56.2 Å². The van der Waals surface area contributed by atoms with Gasteiger partial charge in [-0.05, 0) is 26.3 Å². The number of hydrogen-bond acceptors (Lipinski definition) is 2. The maximum Gasteiger partial charge on any atom is 0.109 e. The van der Waals surface area contributed by atoms with E-state index in [9.17, 15) is 0 Å². The van der Waals surface area contributed by atoms with Gasteiger partial charge in [-0.25, -0.2) is 4.98 Å². The summed E-state index contributed by atoms with van der Waals surface area (Å²) in [6, 6.07) is 0.635. The summed E-state index contributed by atoms with van der Waals surface area (Å²) >= 11 is 0. The summed E-state index contributed by atoms with van der Waals surface area (Å²) in [4.78, 5) is 8.10. The van der Waals surface area contributed by atoms with Crippen LogP contribution < -0.4 is 5.32 Å². The molecule has 2 rings (SSSR count). The number of piperidine rings is 1. The van der Waals surface area contributed by atoms with E-state index in [4.69, 9.17) is 4.98 Å². The first kappa shape index (κ1) is 11.6. The van der Waals surface area contributed by atoms with Gasteiger partial charge in [0.1, 0.15) is 5.82 Å². The molecule has 1 aliphatic rings. The number of hydrogen-bond donors (Lipinski definition) is 2. The maximum atomic E-state index is 4.71. The molecule has 16 heavy (non-hydrogen) atoms. The highest BCUT2D eigenvalue weighted by atomic mass is 15.0. The summed E-state index contributed by atoms with van der Waals surface area (Å²) in [7, 11) is 0. The van der Waals surface area contributed by atoms with Crippen molar-refractivity contribution in [3.05, 3.63) is 17.2 Å². The van der Waals surface area contributed by atoms with Crippen LogP contribution in [0.2, 0.25) is 0 Å². The molecule has 3 nitrogen and oxygen atoms in total. The molecule has 90 valence electrons. The molecule has 1 aliphatic heterocycles. The smallest absolute Gasteiger partial charge is 0.109 e. The lowest BCUT2D eigenvalue weighted by Gasteiger charge is -2.22. The molecule has 1 aromatic heterocycles. The fraction of sp³-hybridized carbons (Fsp3) is 0.769. The summed E-state index contributed by atoms with van der Waals surface area (Å²) in [5.74, 6) is 1.62. The van der Waals surface area contributed by atoms with Gasteiger partial charge in [0.25, 0.3) is 0 Å². The largest absolute Gasteiger partial charge is 0.346 e. The second-order valence-corrected chi connectivity index (χ2v) is 5.20. The number of aryl methyl sites for hydroxylation is 1. The van der Waals surface area contributed by atoms with Crippen molar-refractivity contribution in [2.45, 2.75) is 58.4 Å². The number of aromatic nitrogens is 2. The van der Waals surface area contributed by atoms with Crippen LogP contribution in [0.5, 0.6) is 0 Å². The molecule has 0 radical (unpaired) electrons. The molecule has 1 fully saturated rings. The zero-order chi connectivity index (χ0) is 11.5. The third-order valence-electron chi connectivity index (χ3n) is 3.40. The van der Waals surface area contributed by atoms with E-state index in [0.717, 1.165) is 12.2 Å². The van der Waals surface area contributed by atoms with Gasteiger partial charge < -0.3 is 10.3 Å². The molecule has 0 amide bonds. The number of H-pyrrole nitrogens is 1. The van der Waals surface area contributed by atoms with Crippen LogP contribution >= 0.6 is 0 Å². The van der Waals surface area contributed by atoms with Gasteiger partial charge in [-0.2, -0.15) is 0 Å². The van der Waals surface area contributed by atoms with Crippen LogP contribution in [0.15, 0.2) is 0 Å². The van der Waals surface area contributed by atoms with E-state index in [1.165, 1.54) is 37.2 Å². The number of nitrogens with zero attached hydrogens (tertiary/aromatic N) is 1. The first-order valence-corrected chi connectivity index (χ1v) is 6.45. The normalized spacial score (nSPS) is 21.6. The number of imidazole rings is 1. The lowest BCUT2D eigenvalue weighted by molar-refractivity contribution is 0.397. The topological polar surface area (TPSA) is 40.7 Å². The molecule has 1 aromatic rings. The standard InChI is InChI=1S/C13H23N3/c1-9(2)13-15-10(3)12(16-13)8-11-6-4-5-7-14-11/h9,11,14H,4-8H2,1-3H3,(H,15,16). The Labute approximate surface area is 98.1 Å². The Kier molecular flexibility index (Phi) is 3.64. The molecule has 0 bridgehead atoms. The van der Waals surface area contributed by atoms with E-state index in [1.54, 1.807) is 0 Å². The van der Waals surface area contributed by atoms with Crippen LogP contribution in [-0.4, -0.2) is 22.6 Å². The first-order valence-electron chi connectivity index (χ1n) is 6.45. The average molecular weight is 221 g/mol. The molecular formula is C13H23N3. The maximum absolute atomic E-state index is 4.71. The third-order valence-corrected chi connectivity index (χ3v) is 3.40. The Morgan fingerprint density at radius 1 is 1.38 bits per heavy atom. The Bertz CT molecular complexity index is 335. The quantitative estimate of drug-likeness (QED) is 0.823. The Morgan fingerprint density at radius 3 is 2.75 bits per heavy atom. The average Bonchev–Trinajstić information content (AvgIpc) is 2.62. The van der Waals surface area contributed by atoms with Crippen molar-refractivity contribution in [2.24, 2.45) is 0 Å². The van der Waals surface area contributed by atoms with Crippen LogP contribution in [0.3, 0.4) is 0 Å². The second kappa shape index (κ2) is 5.00. The SMILES string of the molecule is Cc1[nH]c(C(C)C)nc1CC1CCCCN1. The Morgan fingerprint density at radius 2 is 2.19 bits per heavy atom. The number of aromatic amines is 1. The van der Waals surface area contributed by atoms with Crippen molar-refractivity contribution in [1.82, 2.24) is 15.3 Å². The van der Waals surface area contributed by atoms with E-state index in [1.807, 2.05) is 0 Å². The van der Waals surface area contributed by atoms with E-state index in [-0.39, 0.29) is 0 Å². The second-order valence-electron chi connectivity index (χ2n) is 5.20. The van der Waals surface area contributed by atoms with Crippen LogP contribution in [-0.2, 0) is 6.42 Å². The van der Waals surface area contributed by atoms with Gasteiger partial charge in [0.05, 0.1) is 5.69 Å². The van der Waals surface area contributed by atoms with Gasteiger partial charge in [-0.3, -0.25) is 0 Å². The van der Waals surface area contributed by atoms with Crippen LogP contribution in [0.25, 0.3) is 0 Å². The van der Waals surface area contributed by atoms with Crippen molar-refractivity contribution in [1.29, 1.82) is 0 Å². The highest BCUT2D eigenvalue weighted by molar-refractivity contribution is 5.16. The summed E-state index contributed by atoms with van der Waals surface area (Å²) in [6.07, 6.45) is 5.06. The third kappa shape index (κ3) is 2.64. The summed E-state index contributed by atoms with van der Waals surface area (Å²) in [6.45, 7) is 7.67. The van der Waals surface area contributed by atoms with Crippen molar-refractivity contribution in [3.63, 3.8) is 0 Å². The van der Waals surface area contributed by atoms with E-state index >= 15 is 0 Å². The van der Waals surface area contributed by atoms with Crippen molar-refractivity contribution >= 4 is 0 Å². The van der Waals surface area contributed by atoms with Gasteiger partial charge in [0.15, 0.2) is 0 Å². The van der Waals surface area contributed by atoms with Gasteiger partial charge in [0, 0.05) is 24.1 Å². The fourth-order valence-electron chi connectivity index (χ4n) is 2.33. The lowest BCUT2D eigenvalue weighted by atomic mass is 10.00. The van der Waals surface area contributed by atoms with Crippen molar-refractivity contribution in [2.75, 3.05) is 6.54 Å². The first-order chi connectivity index (χ1) is 7.66. The predicted octanol–water partition coefficient (Wildman–Crippen LogP) is 2.53. The molecule has 2 N–H and O–H groups in total. The van der Waals surface area contributed by atoms with Gasteiger partial charge in [-0.15, -0.1) is 0 Å². The Balaban J connectivity index is 2.02. The fourth-order valence-corrected chi connectivity index (χ4v) is 2.33. The Hall–Kier alpha value is -0.830. The molecule has 0 saturated carbocycles. The van der Waals surface area contributed by atoms with E-state index < -0.39 is 0 Å². The van der Waals surface area contributed by atoms with E-state index in [0.29, 0.717) is 12.0 Å². The number of nitrogens with one attached hydrogen (secondary N) is 2. The highest BCUT2D eigenvalue weighted by Crippen LogP contribution is 2.17. The van der Waals surface area contributed by atoms with Crippen LogP contribution in [0.4, 0.5) is 0 Å². The molecule has 0 aliphatic carbocycles. The summed E-state index contributed by atoms with van der Waals surface area (Å²) in [5, 5.41) is 3.58. The van der Waals surface area contributed by atoms with Crippen molar-refractivity contribution < 1.29 is 0 Å². The molecule has 2 heterocycles. The monoisotopic (exact) mass is 221 g/mol. The van der Waals surface area contributed by atoms with Crippen molar-refractivity contribution in [3.8, 4) is 0 Å². The van der Waals surface area contributed by atoms with Gasteiger partial charge in [-0.1, -0.05) is 20.3 Å². The molecule has 1 saturated heterocycles. The minimum atomic E-state index is 0.492. The molecule has 0 aromatic carbocycles. The van der Waals surface area contributed by atoms with Gasteiger partial charge >= 0.3 is 0 Å². The number of rotatable bonds is 3. The minimum absolute atomic E-state index is 0.492. The lowest BCUT2D eigenvalue weighted by Crippen LogP contribution is -2.35. The predicted molar refractivity (Wildman–Crippen MR) is 66.8 cm³/mol. The molecule has 3 heteroatoms. The summed E-state index contributed by atoms with van der Waals surface area (Å²) < 4.78 is 0.